The molecule has 0 radical (unpaired) electrons. The first-order chi connectivity index (χ1) is 9.44. The van der Waals surface area contributed by atoms with Gasteiger partial charge in [-0.3, -0.25) is 4.79 Å². The van der Waals surface area contributed by atoms with Crippen LogP contribution in [0.2, 0.25) is 0 Å². The molecule has 1 aromatic rings. The van der Waals surface area contributed by atoms with Crippen LogP contribution >= 0.6 is 15.9 Å². The minimum Gasteiger partial charge on any atom is -0.469 e. The van der Waals surface area contributed by atoms with Crippen molar-refractivity contribution < 1.29 is 14.3 Å². The molecule has 1 aliphatic heterocycles. The zero-order valence-corrected chi connectivity index (χ0v) is 13.1. The van der Waals surface area contributed by atoms with E-state index in [0.717, 1.165) is 10.2 Å². The number of carbonyl (C=O) groups is 2. The third-order valence-electron chi connectivity index (χ3n) is 3.53. The highest BCUT2D eigenvalue weighted by atomic mass is 79.9. The summed E-state index contributed by atoms with van der Waals surface area (Å²) < 4.78 is 5.75. The number of nitrogens with one attached hydrogen (secondary N) is 1. The number of carbonyl (C=O) groups excluding carboxylic acids is 2. The standard InChI is InChI=1S/C14H17BrN2O3/c1-14(12(18)20-2)7-8-17(9-14)13(19)16-11-5-3-10(15)4-6-11/h3-6H,7-9H2,1-2H3,(H,16,19)/t14-/m1/s1. The molecule has 5 nitrogen and oxygen atoms in total. The van der Waals surface area contributed by atoms with E-state index in [2.05, 4.69) is 21.2 Å². The lowest BCUT2D eigenvalue weighted by Crippen LogP contribution is -2.37. The Balaban J connectivity index is 1.98. The third-order valence-corrected chi connectivity index (χ3v) is 4.06. The average Bonchev–Trinajstić information content (AvgIpc) is 2.84. The molecule has 1 aromatic carbocycles. The van der Waals surface area contributed by atoms with Gasteiger partial charge in [-0.1, -0.05) is 15.9 Å². The van der Waals surface area contributed by atoms with Gasteiger partial charge in [-0.15, -0.1) is 0 Å². The van der Waals surface area contributed by atoms with Gasteiger partial charge in [0.05, 0.1) is 12.5 Å². The molecule has 0 bridgehead atoms. The molecule has 2 amide bonds. The molecule has 0 aromatic heterocycles. The van der Waals surface area contributed by atoms with Gasteiger partial charge in [-0.05, 0) is 37.6 Å². The number of hydrogen-bond donors (Lipinski definition) is 1. The fraction of sp³-hybridized carbons (Fsp3) is 0.429. The van der Waals surface area contributed by atoms with Crippen molar-refractivity contribution in [3.63, 3.8) is 0 Å². The Morgan fingerprint density at radius 1 is 1.35 bits per heavy atom. The van der Waals surface area contributed by atoms with Gasteiger partial charge in [-0.2, -0.15) is 0 Å². The number of ether oxygens (including phenoxy) is 1. The van der Waals surface area contributed by atoms with Crippen LogP contribution in [0.5, 0.6) is 0 Å². The maximum absolute atomic E-state index is 12.1. The molecule has 1 atom stereocenters. The number of nitrogens with zero attached hydrogens (tertiary/aromatic N) is 1. The summed E-state index contributed by atoms with van der Waals surface area (Å²) in [5.41, 5.74) is 0.121. The van der Waals surface area contributed by atoms with Crippen molar-refractivity contribution in [3.05, 3.63) is 28.7 Å². The van der Waals surface area contributed by atoms with Gasteiger partial charge in [0.2, 0.25) is 0 Å². The van der Waals surface area contributed by atoms with Crippen LogP contribution in [0.3, 0.4) is 0 Å². The molecule has 6 heteroatoms. The highest BCUT2D eigenvalue weighted by molar-refractivity contribution is 9.10. The number of rotatable bonds is 2. The Kier molecular flexibility index (Phi) is 4.32. The Morgan fingerprint density at radius 3 is 2.60 bits per heavy atom. The molecule has 0 aliphatic carbocycles. The molecule has 1 fully saturated rings. The lowest BCUT2D eigenvalue weighted by Gasteiger charge is -2.22. The largest absolute Gasteiger partial charge is 0.469 e. The molecule has 0 saturated carbocycles. The summed E-state index contributed by atoms with van der Waals surface area (Å²) in [6.45, 7) is 2.75. The molecule has 108 valence electrons. The lowest BCUT2D eigenvalue weighted by atomic mass is 9.90. The molecule has 2 rings (SSSR count). The lowest BCUT2D eigenvalue weighted by molar-refractivity contribution is -0.150. The summed E-state index contributed by atoms with van der Waals surface area (Å²) in [4.78, 5) is 25.5. The van der Waals surface area contributed by atoms with Crippen molar-refractivity contribution in [3.8, 4) is 0 Å². The van der Waals surface area contributed by atoms with Crippen molar-refractivity contribution in [1.29, 1.82) is 0 Å². The summed E-state index contributed by atoms with van der Waals surface area (Å²) in [7, 11) is 1.37. The second-order valence-electron chi connectivity index (χ2n) is 5.16. The number of likely N-dealkylation sites (tertiary alicyclic amines) is 1. The Morgan fingerprint density at radius 2 is 2.00 bits per heavy atom. The minimum atomic E-state index is -0.605. The number of benzene rings is 1. The molecule has 1 aliphatic rings. The van der Waals surface area contributed by atoms with E-state index in [-0.39, 0.29) is 12.0 Å². The second-order valence-corrected chi connectivity index (χ2v) is 6.08. The van der Waals surface area contributed by atoms with Crippen molar-refractivity contribution in [2.45, 2.75) is 13.3 Å². The van der Waals surface area contributed by atoms with Crippen molar-refractivity contribution in [2.24, 2.45) is 5.41 Å². The number of halogens is 1. The number of hydrogen-bond acceptors (Lipinski definition) is 3. The van der Waals surface area contributed by atoms with E-state index in [0.29, 0.717) is 19.5 Å². The topological polar surface area (TPSA) is 58.6 Å². The van der Waals surface area contributed by atoms with Crippen LogP contribution < -0.4 is 5.32 Å². The van der Waals surface area contributed by atoms with Crippen LogP contribution in [0.1, 0.15) is 13.3 Å². The molecule has 1 N–H and O–H groups in total. The quantitative estimate of drug-likeness (QED) is 0.842. The van der Waals surface area contributed by atoms with Crippen LogP contribution in [0.4, 0.5) is 10.5 Å². The van der Waals surface area contributed by atoms with E-state index in [1.807, 2.05) is 31.2 Å². The van der Waals surface area contributed by atoms with Gasteiger partial charge in [0, 0.05) is 23.2 Å². The van der Waals surface area contributed by atoms with Crippen LogP contribution in [0.15, 0.2) is 28.7 Å². The van der Waals surface area contributed by atoms with Crippen LogP contribution in [0, 0.1) is 5.41 Å². The molecular formula is C14H17BrN2O3. The monoisotopic (exact) mass is 340 g/mol. The zero-order valence-electron chi connectivity index (χ0n) is 11.5. The van der Waals surface area contributed by atoms with Gasteiger partial charge >= 0.3 is 12.0 Å². The number of anilines is 1. The number of urea groups is 1. The summed E-state index contributed by atoms with van der Waals surface area (Å²) >= 11 is 3.34. The Labute approximate surface area is 126 Å². The van der Waals surface area contributed by atoms with E-state index >= 15 is 0 Å². The van der Waals surface area contributed by atoms with Crippen molar-refractivity contribution in [1.82, 2.24) is 4.90 Å². The predicted molar refractivity (Wildman–Crippen MR) is 79.5 cm³/mol. The first-order valence-corrected chi connectivity index (χ1v) is 7.14. The fourth-order valence-electron chi connectivity index (χ4n) is 2.28. The Bertz CT molecular complexity index is 518. The van der Waals surface area contributed by atoms with Crippen LogP contribution in [-0.4, -0.2) is 37.1 Å². The molecule has 1 saturated heterocycles. The van der Waals surface area contributed by atoms with E-state index in [9.17, 15) is 9.59 Å². The van der Waals surface area contributed by atoms with E-state index in [1.54, 1.807) is 4.90 Å². The molecule has 0 unspecified atom stereocenters. The van der Waals surface area contributed by atoms with E-state index in [4.69, 9.17) is 4.74 Å². The third kappa shape index (κ3) is 3.12. The van der Waals surface area contributed by atoms with Crippen LogP contribution in [-0.2, 0) is 9.53 Å². The first-order valence-electron chi connectivity index (χ1n) is 6.34. The smallest absolute Gasteiger partial charge is 0.321 e. The van der Waals surface area contributed by atoms with Crippen molar-refractivity contribution in [2.75, 3.05) is 25.5 Å². The number of amides is 2. The van der Waals surface area contributed by atoms with Crippen molar-refractivity contribution >= 4 is 33.6 Å². The highest BCUT2D eigenvalue weighted by Crippen LogP contribution is 2.31. The second kappa shape index (κ2) is 5.83. The summed E-state index contributed by atoms with van der Waals surface area (Å²) in [6, 6.07) is 7.16. The number of methoxy groups -OCH3 is 1. The Hall–Kier alpha value is -1.56. The van der Waals surface area contributed by atoms with Gasteiger partial charge in [-0.25, -0.2) is 4.79 Å². The normalized spacial score (nSPS) is 21.6. The van der Waals surface area contributed by atoms with E-state index < -0.39 is 5.41 Å². The van der Waals surface area contributed by atoms with Gasteiger partial charge in [0.1, 0.15) is 0 Å². The van der Waals surface area contributed by atoms with Gasteiger partial charge in [0.15, 0.2) is 0 Å². The fourth-order valence-corrected chi connectivity index (χ4v) is 2.55. The summed E-state index contributed by atoms with van der Waals surface area (Å²) in [5.74, 6) is -0.267. The first kappa shape index (κ1) is 14.8. The molecule has 20 heavy (non-hydrogen) atoms. The maximum Gasteiger partial charge on any atom is 0.321 e. The molecular weight excluding hydrogens is 324 g/mol. The van der Waals surface area contributed by atoms with Gasteiger partial charge < -0.3 is 15.0 Å². The van der Waals surface area contributed by atoms with E-state index in [1.165, 1.54) is 7.11 Å². The zero-order chi connectivity index (χ0) is 14.8. The predicted octanol–water partition coefficient (Wildman–Crippen LogP) is 2.87. The van der Waals surface area contributed by atoms with Crippen LogP contribution in [0.25, 0.3) is 0 Å². The molecule has 0 spiro atoms. The maximum atomic E-state index is 12.1. The highest BCUT2D eigenvalue weighted by Gasteiger charge is 2.42. The SMILES string of the molecule is COC(=O)[C@]1(C)CCN(C(=O)Nc2ccc(Br)cc2)C1. The summed E-state index contributed by atoms with van der Waals surface area (Å²) in [5, 5.41) is 2.82. The average molecular weight is 341 g/mol. The number of esters is 1. The summed E-state index contributed by atoms with van der Waals surface area (Å²) in [6.07, 6.45) is 0.618. The van der Waals surface area contributed by atoms with Gasteiger partial charge in [0.25, 0.3) is 0 Å². The molecule has 1 heterocycles. The minimum absolute atomic E-state index is 0.194.